The van der Waals surface area contributed by atoms with Crippen LogP contribution < -0.4 is 4.74 Å². The van der Waals surface area contributed by atoms with Crippen LogP contribution in [-0.2, 0) is 22.5 Å². The number of benzene rings is 2. The minimum Gasteiger partial charge on any atom is -0.493 e. The van der Waals surface area contributed by atoms with Crippen molar-refractivity contribution in [3.05, 3.63) is 65.7 Å². The highest BCUT2D eigenvalue weighted by Gasteiger charge is 2.21. The standard InChI is InChI=1S/C34H54NO3/c1-5-6-7-8-9-10-11-15-22-32-23-16-17-24-33(32)37-27-18-19-28-38-34(36)30(2)25-26-35(3,4)29-31-20-13-12-14-21-31/h12-14,16-17,20-21,23-24,30H,5-11,15,18-19,22,25-29H2,1-4H3/q+1. The van der Waals surface area contributed by atoms with Crippen LogP contribution in [0.2, 0.25) is 0 Å². The largest absolute Gasteiger partial charge is 0.493 e. The van der Waals surface area contributed by atoms with E-state index in [-0.39, 0.29) is 11.9 Å². The first-order chi connectivity index (χ1) is 18.4. The number of para-hydroxylation sites is 1. The smallest absolute Gasteiger partial charge is 0.308 e. The molecular formula is C34H54NO3+. The normalized spacial score (nSPS) is 12.3. The average Bonchev–Trinajstić information content (AvgIpc) is 2.91. The fourth-order valence-electron chi connectivity index (χ4n) is 4.82. The molecule has 38 heavy (non-hydrogen) atoms. The van der Waals surface area contributed by atoms with E-state index >= 15 is 0 Å². The Balaban J connectivity index is 1.56. The Morgan fingerprint density at radius 1 is 0.789 bits per heavy atom. The lowest BCUT2D eigenvalue weighted by molar-refractivity contribution is -0.904. The van der Waals surface area contributed by atoms with Crippen molar-refractivity contribution in [2.24, 2.45) is 5.92 Å². The molecule has 0 aliphatic rings. The zero-order valence-electron chi connectivity index (χ0n) is 24.8. The summed E-state index contributed by atoms with van der Waals surface area (Å²) in [5, 5.41) is 0. The highest BCUT2D eigenvalue weighted by molar-refractivity contribution is 5.71. The Bertz CT molecular complexity index is 880. The molecule has 2 rings (SSSR count). The summed E-state index contributed by atoms with van der Waals surface area (Å²) in [5.41, 5.74) is 2.64. The summed E-state index contributed by atoms with van der Waals surface area (Å²) < 4.78 is 12.5. The van der Waals surface area contributed by atoms with Gasteiger partial charge in [0.1, 0.15) is 12.3 Å². The molecule has 0 saturated carbocycles. The zero-order chi connectivity index (χ0) is 27.5. The topological polar surface area (TPSA) is 35.5 Å². The molecule has 4 nitrogen and oxygen atoms in total. The van der Waals surface area contributed by atoms with Gasteiger partial charge in [0.05, 0.1) is 39.8 Å². The first-order valence-electron chi connectivity index (χ1n) is 15.1. The Labute approximate surface area is 233 Å². The average molecular weight is 525 g/mol. The number of hydrogen-bond acceptors (Lipinski definition) is 3. The second kappa shape index (κ2) is 18.8. The van der Waals surface area contributed by atoms with Gasteiger partial charge in [-0.25, -0.2) is 0 Å². The monoisotopic (exact) mass is 524 g/mol. The van der Waals surface area contributed by atoms with Crippen LogP contribution in [0, 0.1) is 5.92 Å². The molecule has 0 saturated heterocycles. The Morgan fingerprint density at radius 2 is 1.42 bits per heavy atom. The van der Waals surface area contributed by atoms with E-state index in [0.29, 0.717) is 13.2 Å². The van der Waals surface area contributed by atoms with Crippen molar-refractivity contribution in [1.29, 1.82) is 0 Å². The number of nitrogens with zero attached hydrogens (tertiary/aromatic N) is 1. The van der Waals surface area contributed by atoms with E-state index in [2.05, 4.69) is 69.6 Å². The van der Waals surface area contributed by atoms with Crippen molar-refractivity contribution in [2.75, 3.05) is 33.9 Å². The van der Waals surface area contributed by atoms with Gasteiger partial charge in [0, 0.05) is 12.0 Å². The SMILES string of the molecule is CCCCCCCCCCc1ccccc1OCCCCOC(=O)C(C)CC[N+](C)(C)Cc1ccccc1. The molecule has 0 heterocycles. The van der Waals surface area contributed by atoms with E-state index in [1.54, 1.807) is 0 Å². The molecule has 1 atom stereocenters. The van der Waals surface area contributed by atoms with Crippen LogP contribution in [0.25, 0.3) is 0 Å². The van der Waals surface area contributed by atoms with Gasteiger partial charge < -0.3 is 14.0 Å². The van der Waals surface area contributed by atoms with Gasteiger partial charge in [0.2, 0.25) is 0 Å². The van der Waals surface area contributed by atoms with Crippen molar-refractivity contribution in [3.63, 3.8) is 0 Å². The summed E-state index contributed by atoms with van der Waals surface area (Å²) in [7, 11) is 4.44. The summed E-state index contributed by atoms with van der Waals surface area (Å²) in [6.45, 7) is 7.28. The maximum atomic E-state index is 12.5. The van der Waals surface area contributed by atoms with Crippen LogP contribution in [0.15, 0.2) is 54.6 Å². The van der Waals surface area contributed by atoms with Gasteiger partial charge in [-0.3, -0.25) is 4.79 Å². The Kier molecular flexibility index (Phi) is 15.8. The first-order valence-corrected chi connectivity index (χ1v) is 15.1. The molecule has 4 heteroatoms. The molecule has 0 bridgehead atoms. The highest BCUT2D eigenvalue weighted by atomic mass is 16.5. The summed E-state index contributed by atoms with van der Waals surface area (Å²) in [4.78, 5) is 12.5. The van der Waals surface area contributed by atoms with E-state index < -0.39 is 0 Å². The lowest BCUT2D eigenvalue weighted by atomic mass is 10.0. The molecule has 0 radical (unpaired) electrons. The van der Waals surface area contributed by atoms with Crippen molar-refractivity contribution in [3.8, 4) is 5.75 Å². The van der Waals surface area contributed by atoms with Gasteiger partial charge in [-0.1, -0.05) is 107 Å². The van der Waals surface area contributed by atoms with E-state index in [1.165, 1.54) is 62.5 Å². The Morgan fingerprint density at radius 3 is 2.16 bits per heavy atom. The van der Waals surface area contributed by atoms with Crippen molar-refractivity contribution >= 4 is 5.97 Å². The summed E-state index contributed by atoms with van der Waals surface area (Å²) in [6, 6.07) is 19.0. The van der Waals surface area contributed by atoms with Gasteiger partial charge in [-0.15, -0.1) is 0 Å². The van der Waals surface area contributed by atoms with Crippen molar-refractivity contribution in [1.82, 2.24) is 0 Å². The minimum absolute atomic E-state index is 0.0809. The lowest BCUT2D eigenvalue weighted by Gasteiger charge is -2.30. The van der Waals surface area contributed by atoms with Gasteiger partial charge in [-0.2, -0.15) is 0 Å². The van der Waals surface area contributed by atoms with Crippen LogP contribution in [0.5, 0.6) is 5.75 Å². The molecule has 0 amide bonds. The van der Waals surface area contributed by atoms with Gasteiger partial charge in [-0.05, 0) is 37.3 Å². The number of carbonyl (C=O) groups is 1. The third-order valence-corrected chi connectivity index (χ3v) is 7.34. The summed E-state index contributed by atoms with van der Waals surface area (Å²) >= 11 is 0. The fourth-order valence-corrected chi connectivity index (χ4v) is 4.82. The van der Waals surface area contributed by atoms with E-state index in [1.807, 2.05) is 13.0 Å². The minimum atomic E-state index is -0.0821. The van der Waals surface area contributed by atoms with Crippen LogP contribution in [0.1, 0.15) is 95.6 Å². The number of quaternary nitrogens is 1. The number of rotatable bonds is 21. The molecule has 0 aliphatic heterocycles. The quantitative estimate of drug-likeness (QED) is 0.0934. The van der Waals surface area contributed by atoms with Gasteiger partial charge >= 0.3 is 5.97 Å². The predicted octanol–water partition coefficient (Wildman–Crippen LogP) is 8.37. The van der Waals surface area contributed by atoms with E-state index in [4.69, 9.17) is 9.47 Å². The van der Waals surface area contributed by atoms with Crippen LogP contribution >= 0.6 is 0 Å². The number of ether oxygens (including phenoxy) is 2. The third-order valence-electron chi connectivity index (χ3n) is 7.34. The van der Waals surface area contributed by atoms with Crippen LogP contribution in [-0.4, -0.2) is 44.3 Å². The van der Waals surface area contributed by atoms with E-state index in [9.17, 15) is 4.79 Å². The molecule has 0 N–H and O–H groups in total. The molecule has 0 aromatic heterocycles. The van der Waals surface area contributed by atoms with Gasteiger partial charge in [0.15, 0.2) is 0 Å². The van der Waals surface area contributed by atoms with Crippen LogP contribution in [0.3, 0.4) is 0 Å². The number of esters is 1. The number of carbonyl (C=O) groups excluding carboxylic acids is 1. The highest BCUT2D eigenvalue weighted by Crippen LogP contribution is 2.21. The maximum Gasteiger partial charge on any atom is 0.308 e. The third kappa shape index (κ3) is 14.0. The molecule has 0 spiro atoms. The molecule has 212 valence electrons. The molecule has 0 fully saturated rings. The van der Waals surface area contributed by atoms with E-state index in [0.717, 1.165) is 49.0 Å². The molecule has 1 unspecified atom stereocenters. The predicted molar refractivity (Wildman–Crippen MR) is 159 cm³/mol. The molecular weight excluding hydrogens is 470 g/mol. The zero-order valence-corrected chi connectivity index (χ0v) is 24.8. The number of aryl methyl sites for hydroxylation is 1. The first kappa shape index (κ1) is 31.9. The van der Waals surface area contributed by atoms with Gasteiger partial charge in [0.25, 0.3) is 0 Å². The lowest BCUT2D eigenvalue weighted by Crippen LogP contribution is -2.40. The van der Waals surface area contributed by atoms with Crippen molar-refractivity contribution in [2.45, 2.75) is 97.4 Å². The second-order valence-corrected chi connectivity index (χ2v) is 11.5. The summed E-state index contributed by atoms with van der Waals surface area (Å²) in [5.74, 6) is 0.848. The second-order valence-electron chi connectivity index (χ2n) is 11.5. The van der Waals surface area contributed by atoms with Crippen molar-refractivity contribution < 1.29 is 18.8 Å². The molecule has 0 aliphatic carbocycles. The van der Waals surface area contributed by atoms with Crippen LogP contribution in [0.4, 0.5) is 0 Å². The maximum absolute atomic E-state index is 12.5. The number of hydrogen-bond donors (Lipinski definition) is 0. The Hall–Kier alpha value is -2.33. The molecule has 2 aromatic rings. The summed E-state index contributed by atoms with van der Waals surface area (Å²) in [6.07, 6.45) is 14.3. The molecule has 2 aromatic carbocycles. The number of unbranched alkanes of at least 4 members (excludes halogenated alkanes) is 8. The fraction of sp³-hybridized carbons (Fsp3) is 0.618.